The first-order valence-corrected chi connectivity index (χ1v) is 8.52. The third kappa shape index (κ3) is 7.13. The molecule has 0 saturated carbocycles. The lowest BCUT2D eigenvalue weighted by atomic mass is 10.2. The number of hydrogen-bond acceptors (Lipinski definition) is 3. The number of likely N-dealkylation sites (tertiary alicyclic amines) is 1. The van der Waals surface area contributed by atoms with Crippen LogP contribution >= 0.6 is 35.6 Å². The summed E-state index contributed by atoms with van der Waals surface area (Å²) < 4.78 is 5.19. The van der Waals surface area contributed by atoms with E-state index < -0.39 is 0 Å². The number of halogens is 2. The minimum Gasteiger partial charge on any atom is -0.383 e. The van der Waals surface area contributed by atoms with Crippen LogP contribution in [0.1, 0.15) is 18.4 Å². The predicted octanol–water partition coefficient (Wildman–Crippen LogP) is 2.73. The minimum atomic E-state index is 0. The van der Waals surface area contributed by atoms with E-state index in [0.717, 1.165) is 43.8 Å². The number of nitrogens with zero attached hydrogens (tertiary/aromatic N) is 2. The molecule has 1 aliphatic rings. The molecule has 1 heterocycles. The minimum absolute atomic E-state index is 0. The zero-order valence-electron chi connectivity index (χ0n) is 14.4. The highest BCUT2D eigenvalue weighted by Crippen LogP contribution is 2.15. The van der Waals surface area contributed by atoms with Crippen molar-refractivity contribution in [1.29, 1.82) is 0 Å². The Hall–Kier alpha value is -0.570. The summed E-state index contributed by atoms with van der Waals surface area (Å²) in [5, 5.41) is 7.53. The van der Waals surface area contributed by atoms with Crippen molar-refractivity contribution < 1.29 is 4.74 Å². The third-order valence-corrected chi connectivity index (χ3v) is 4.44. The van der Waals surface area contributed by atoms with E-state index >= 15 is 0 Å². The Balaban J connectivity index is 0.00000288. The van der Waals surface area contributed by atoms with Gasteiger partial charge in [-0.1, -0.05) is 23.7 Å². The SMILES string of the molecule is CN=C(NCc1ccc(Cl)cc1)NCC1CCCN1CCOC.I. The van der Waals surface area contributed by atoms with Gasteiger partial charge in [-0.25, -0.2) is 0 Å². The summed E-state index contributed by atoms with van der Waals surface area (Å²) in [6.07, 6.45) is 2.48. The van der Waals surface area contributed by atoms with Crippen LogP contribution in [0.4, 0.5) is 0 Å². The second-order valence-electron chi connectivity index (χ2n) is 5.76. The average Bonchev–Trinajstić information content (AvgIpc) is 3.02. The van der Waals surface area contributed by atoms with Gasteiger partial charge in [-0.2, -0.15) is 0 Å². The van der Waals surface area contributed by atoms with Crippen LogP contribution in [0.2, 0.25) is 5.02 Å². The van der Waals surface area contributed by atoms with Crippen LogP contribution in [0, 0.1) is 0 Å². The molecule has 0 spiro atoms. The van der Waals surface area contributed by atoms with Gasteiger partial charge < -0.3 is 15.4 Å². The van der Waals surface area contributed by atoms with E-state index in [0.29, 0.717) is 6.04 Å². The number of ether oxygens (including phenoxy) is 1. The summed E-state index contributed by atoms with van der Waals surface area (Å²) in [7, 11) is 3.56. The number of methoxy groups -OCH3 is 1. The Kier molecular flexibility index (Phi) is 10.6. The molecule has 24 heavy (non-hydrogen) atoms. The van der Waals surface area contributed by atoms with Crippen molar-refractivity contribution in [2.45, 2.75) is 25.4 Å². The fourth-order valence-corrected chi connectivity index (χ4v) is 2.98. The molecule has 0 amide bonds. The standard InChI is InChI=1S/C17H27ClN4O.HI/c1-19-17(20-12-14-5-7-15(18)8-6-14)21-13-16-4-3-9-22(16)10-11-23-2;/h5-8,16H,3-4,9-13H2,1-2H3,(H2,19,20,21);1H. The van der Waals surface area contributed by atoms with Crippen LogP contribution in [0.15, 0.2) is 29.3 Å². The van der Waals surface area contributed by atoms with Gasteiger partial charge in [-0.05, 0) is 37.1 Å². The molecule has 0 bridgehead atoms. The van der Waals surface area contributed by atoms with Gasteiger partial charge in [0, 0.05) is 44.9 Å². The van der Waals surface area contributed by atoms with Crippen molar-refractivity contribution in [3.05, 3.63) is 34.9 Å². The molecule has 0 aromatic heterocycles. The van der Waals surface area contributed by atoms with Gasteiger partial charge in [0.05, 0.1) is 6.61 Å². The lowest BCUT2D eigenvalue weighted by molar-refractivity contribution is 0.141. The third-order valence-electron chi connectivity index (χ3n) is 4.18. The van der Waals surface area contributed by atoms with E-state index in [9.17, 15) is 0 Å². The maximum Gasteiger partial charge on any atom is 0.191 e. The van der Waals surface area contributed by atoms with Crippen LogP contribution in [-0.2, 0) is 11.3 Å². The lowest BCUT2D eigenvalue weighted by Crippen LogP contribution is -2.45. The van der Waals surface area contributed by atoms with E-state index in [4.69, 9.17) is 16.3 Å². The van der Waals surface area contributed by atoms with Crippen molar-refractivity contribution in [1.82, 2.24) is 15.5 Å². The van der Waals surface area contributed by atoms with Crippen LogP contribution in [0.3, 0.4) is 0 Å². The molecule has 1 aliphatic heterocycles. The molecule has 136 valence electrons. The predicted molar refractivity (Wildman–Crippen MR) is 112 cm³/mol. The summed E-state index contributed by atoms with van der Waals surface area (Å²) in [5.41, 5.74) is 1.18. The van der Waals surface area contributed by atoms with Gasteiger partial charge in [-0.15, -0.1) is 24.0 Å². The van der Waals surface area contributed by atoms with Gasteiger partial charge >= 0.3 is 0 Å². The second kappa shape index (κ2) is 11.9. The smallest absolute Gasteiger partial charge is 0.191 e. The molecule has 7 heteroatoms. The van der Waals surface area contributed by atoms with E-state index in [1.54, 1.807) is 14.2 Å². The van der Waals surface area contributed by atoms with Crippen LogP contribution < -0.4 is 10.6 Å². The van der Waals surface area contributed by atoms with Crippen LogP contribution in [-0.4, -0.2) is 57.3 Å². The van der Waals surface area contributed by atoms with Gasteiger partial charge in [0.15, 0.2) is 5.96 Å². The number of aliphatic imine (C=N–C) groups is 1. The summed E-state index contributed by atoms with van der Waals surface area (Å²) in [5.74, 6) is 0.832. The Morgan fingerprint density at radius 2 is 2.08 bits per heavy atom. The number of rotatable bonds is 7. The Morgan fingerprint density at radius 3 is 2.75 bits per heavy atom. The van der Waals surface area contributed by atoms with E-state index in [1.807, 2.05) is 24.3 Å². The molecule has 2 rings (SSSR count). The Bertz CT molecular complexity index is 498. The monoisotopic (exact) mass is 466 g/mol. The maximum atomic E-state index is 5.90. The quantitative estimate of drug-likeness (QED) is 0.369. The summed E-state index contributed by atoms with van der Waals surface area (Å²) >= 11 is 5.90. The second-order valence-corrected chi connectivity index (χ2v) is 6.19. The van der Waals surface area contributed by atoms with Crippen LogP contribution in [0.5, 0.6) is 0 Å². The summed E-state index contributed by atoms with van der Waals surface area (Å²) in [6.45, 7) is 4.59. The first-order chi connectivity index (χ1) is 11.2. The normalized spacial score (nSPS) is 18.3. The lowest BCUT2D eigenvalue weighted by Gasteiger charge is -2.25. The van der Waals surface area contributed by atoms with Crippen LogP contribution in [0.25, 0.3) is 0 Å². The fraction of sp³-hybridized carbons (Fsp3) is 0.588. The highest BCUT2D eigenvalue weighted by atomic mass is 127. The number of benzene rings is 1. The highest BCUT2D eigenvalue weighted by Gasteiger charge is 2.23. The molecule has 1 aromatic rings. The van der Waals surface area contributed by atoms with Crippen molar-refractivity contribution in [3.8, 4) is 0 Å². The van der Waals surface area contributed by atoms with Crippen molar-refractivity contribution in [3.63, 3.8) is 0 Å². The van der Waals surface area contributed by atoms with Gasteiger partial charge in [0.1, 0.15) is 0 Å². The molecule has 0 radical (unpaired) electrons. The number of nitrogens with one attached hydrogen (secondary N) is 2. The van der Waals surface area contributed by atoms with Gasteiger partial charge in [0.25, 0.3) is 0 Å². The van der Waals surface area contributed by atoms with E-state index in [-0.39, 0.29) is 24.0 Å². The first-order valence-electron chi connectivity index (χ1n) is 8.15. The zero-order chi connectivity index (χ0) is 16.5. The molecule has 1 saturated heterocycles. The molecule has 1 atom stereocenters. The van der Waals surface area contributed by atoms with Crippen molar-refractivity contribution in [2.24, 2.45) is 4.99 Å². The molecule has 0 aliphatic carbocycles. The largest absolute Gasteiger partial charge is 0.383 e. The molecular weight excluding hydrogens is 439 g/mol. The Labute approximate surface area is 167 Å². The van der Waals surface area contributed by atoms with E-state index in [1.165, 1.54) is 18.4 Å². The maximum absolute atomic E-state index is 5.90. The topological polar surface area (TPSA) is 48.9 Å². The molecule has 2 N–H and O–H groups in total. The summed E-state index contributed by atoms with van der Waals surface area (Å²) in [4.78, 5) is 6.78. The molecule has 5 nitrogen and oxygen atoms in total. The molecule has 1 aromatic carbocycles. The van der Waals surface area contributed by atoms with Gasteiger partial charge in [0.2, 0.25) is 0 Å². The van der Waals surface area contributed by atoms with Crippen molar-refractivity contribution in [2.75, 3.05) is 40.4 Å². The molecular formula is C17H28ClIN4O. The highest BCUT2D eigenvalue weighted by molar-refractivity contribution is 14.0. The zero-order valence-corrected chi connectivity index (χ0v) is 17.5. The van der Waals surface area contributed by atoms with E-state index in [2.05, 4.69) is 20.5 Å². The summed E-state index contributed by atoms with van der Waals surface area (Å²) in [6, 6.07) is 8.40. The number of hydrogen-bond donors (Lipinski definition) is 2. The number of guanidine groups is 1. The Morgan fingerprint density at radius 1 is 1.33 bits per heavy atom. The molecule has 1 fully saturated rings. The van der Waals surface area contributed by atoms with Gasteiger partial charge in [-0.3, -0.25) is 9.89 Å². The first kappa shape index (κ1) is 21.5. The average molecular weight is 467 g/mol. The van der Waals surface area contributed by atoms with Crippen molar-refractivity contribution >= 4 is 41.5 Å². The fourth-order valence-electron chi connectivity index (χ4n) is 2.85. The molecule has 1 unspecified atom stereocenters.